The molecule has 0 aromatic carbocycles. The number of rotatable bonds is 2. The van der Waals surface area contributed by atoms with E-state index in [4.69, 9.17) is 0 Å². The van der Waals surface area contributed by atoms with Crippen LogP contribution in [0.5, 0.6) is 0 Å². The fourth-order valence-corrected chi connectivity index (χ4v) is 3.37. The Morgan fingerprint density at radius 1 is 1.26 bits per heavy atom. The smallest absolute Gasteiger partial charge is 0.294 e. The maximum Gasteiger partial charge on any atom is 0.435 e. The molecule has 0 unspecified atom stereocenters. The summed E-state index contributed by atoms with van der Waals surface area (Å²) in [5.41, 5.74) is -0.0561. The van der Waals surface area contributed by atoms with Gasteiger partial charge in [0.15, 0.2) is 5.69 Å². The van der Waals surface area contributed by atoms with E-state index in [0.717, 1.165) is 0 Å². The van der Waals surface area contributed by atoms with Gasteiger partial charge < -0.3 is 0 Å². The number of aromatic nitrogens is 4. The summed E-state index contributed by atoms with van der Waals surface area (Å²) in [4.78, 5) is 14.0. The zero-order valence-corrected chi connectivity index (χ0v) is 12.2. The zero-order chi connectivity index (χ0) is 16.2. The van der Waals surface area contributed by atoms with Crippen molar-refractivity contribution in [1.82, 2.24) is 19.6 Å². The average Bonchev–Trinajstić information content (AvgIpc) is 3.18. The number of fused-ring (bicyclic) bond motifs is 2. The minimum atomic E-state index is -4.48. The first-order chi connectivity index (χ1) is 10.9. The lowest BCUT2D eigenvalue weighted by atomic mass is 10.2. The molecule has 0 bridgehead atoms. The predicted molar refractivity (Wildman–Crippen MR) is 73.8 cm³/mol. The molecule has 23 heavy (non-hydrogen) atoms. The summed E-state index contributed by atoms with van der Waals surface area (Å²) < 4.78 is 42.1. The van der Waals surface area contributed by atoms with Gasteiger partial charge in [-0.3, -0.25) is 14.4 Å². The number of amides is 1. The van der Waals surface area contributed by atoms with E-state index in [1.807, 2.05) is 0 Å². The molecule has 0 atom stereocenters. The molecule has 0 saturated carbocycles. The van der Waals surface area contributed by atoms with Crippen LogP contribution < -0.4 is 4.90 Å². The van der Waals surface area contributed by atoms with E-state index in [9.17, 15) is 18.0 Å². The van der Waals surface area contributed by atoms with Crippen molar-refractivity contribution >= 4 is 11.7 Å². The molecule has 6 nitrogen and oxygen atoms in total. The summed E-state index contributed by atoms with van der Waals surface area (Å²) in [5.74, 6) is 0.407. The summed E-state index contributed by atoms with van der Waals surface area (Å²) >= 11 is 0. The van der Waals surface area contributed by atoms with Gasteiger partial charge in [0.25, 0.3) is 0 Å². The van der Waals surface area contributed by atoms with Crippen molar-refractivity contribution in [1.29, 1.82) is 0 Å². The Morgan fingerprint density at radius 3 is 2.87 bits per heavy atom. The zero-order valence-electron chi connectivity index (χ0n) is 12.2. The van der Waals surface area contributed by atoms with Crippen molar-refractivity contribution < 1.29 is 18.0 Å². The van der Waals surface area contributed by atoms with Crippen LogP contribution >= 0.6 is 0 Å². The van der Waals surface area contributed by atoms with E-state index in [-0.39, 0.29) is 18.0 Å². The van der Waals surface area contributed by atoms with Gasteiger partial charge in [-0.1, -0.05) is 0 Å². The van der Waals surface area contributed by atoms with Crippen LogP contribution in [0.1, 0.15) is 23.4 Å². The first-order valence-corrected chi connectivity index (χ1v) is 7.43. The Balaban J connectivity index is 1.62. The van der Waals surface area contributed by atoms with E-state index in [1.165, 1.54) is 4.68 Å². The highest BCUT2D eigenvalue weighted by Crippen LogP contribution is 2.36. The Morgan fingerprint density at radius 2 is 2.09 bits per heavy atom. The summed E-state index contributed by atoms with van der Waals surface area (Å²) in [6.45, 7) is 0.903. The van der Waals surface area contributed by atoms with Gasteiger partial charge in [-0.15, -0.1) is 0 Å². The standard InChI is InChI=1S/C14H14F3N5O/c15-14(16,17)13-9-2-1-3-10(9)22(19-13)8-12(23)20-6-7-21-11(20)4-5-18-21/h4-5H,1-3,6-8H2. The molecule has 1 aliphatic carbocycles. The topological polar surface area (TPSA) is 56.0 Å². The molecule has 0 fully saturated rings. The maximum absolute atomic E-state index is 13.1. The number of nitrogens with zero attached hydrogens (tertiary/aromatic N) is 5. The van der Waals surface area contributed by atoms with E-state index in [2.05, 4.69) is 10.2 Å². The molecule has 1 aliphatic heterocycles. The molecule has 9 heteroatoms. The molecule has 0 N–H and O–H groups in total. The molecule has 3 heterocycles. The third kappa shape index (κ3) is 2.22. The van der Waals surface area contributed by atoms with Gasteiger partial charge in [-0.25, -0.2) is 4.68 Å². The number of carbonyl (C=O) groups is 1. The van der Waals surface area contributed by atoms with Crippen molar-refractivity contribution in [3.05, 3.63) is 29.2 Å². The van der Waals surface area contributed by atoms with Crippen LogP contribution in [0.4, 0.5) is 19.0 Å². The molecule has 2 aromatic heterocycles. The van der Waals surface area contributed by atoms with Crippen LogP contribution in [0, 0.1) is 0 Å². The Labute approximate surface area is 129 Å². The van der Waals surface area contributed by atoms with Crippen LogP contribution in [-0.4, -0.2) is 32.0 Å². The fraction of sp³-hybridized carbons (Fsp3) is 0.500. The van der Waals surface area contributed by atoms with E-state index < -0.39 is 11.9 Å². The highest BCUT2D eigenvalue weighted by atomic mass is 19.4. The number of alkyl halides is 3. The van der Waals surface area contributed by atoms with Gasteiger partial charge >= 0.3 is 6.18 Å². The maximum atomic E-state index is 13.1. The lowest BCUT2D eigenvalue weighted by Gasteiger charge is -2.15. The first kappa shape index (κ1) is 14.3. The molecule has 4 rings (SSSR count). The third-order valence-corrected chi connectivity index (χ3v) is 4.37. The minimum Gasteiger partial charge on any atom is -0.294 e. The highest BCUT2D eigenvalue weighted by molar-refractivity contribution is 5.93. The predicted octanol–water partition coefficient (Wildman–Crippen LogP) is 1.63. The van der Waals surface area contributed by atoms with Crippen molar-refractivity contribution in [2.75, 3.05) is 11.4 Å². The highest BCUT2D eigenvalue weighted by Gasteiger charge is 2.40. The summed E-state index contributed by atoms with van der Waals surface area (Å²) in [6.07, 6.45) is -1.31. The van der Waals surface area contributed by atoms with Crippen molar-refractivity contribution in [3.8, 4) is 0 Å². The number of hydrogen-bond acceptors (Lipinski definition) is 3. The van der Waals surface area contributed by atoms with E-state index in [0.29, 0.717) is 43.9 Å². The van der Waals surface area contributed by atoms with Crippen LogP contribution in [0.3, 0.4) is 0 Å². The van der Waals surface area contributed by atoms with Gasteiger partial charge in [0.2, 0.25) is 5.91 Å². The summed E-state index contributed by atoms with van der Waals surface area (Å²) in [5, 5.41) is 7.76. The first-order valence-electron chi connectivity index (χ1n) is 7.43. The number of carbonyl (C=O) groups excluding carboxylic acids is 1. The Bertz CT molecular complexity index is 776. The second-order valence-corrected chi connectivity index (χ2v) is 5.74. The minimum absolute atomic E-state index is 0.177. The van der Waals surface area contributed by atoms with Crippen molar-refractivity contribution in [2.45, 2.75) is 38.5 Å². The average molecular weight is 325 g/mol. The molecule has 0 saturated heterocycles. The second-order valence-electron chi connectivity index (χ2n) is 5.74. The Hall–Kier alpha value is -2.32. The SMILES string of the molecule is O=C(Cn1nc(C(F)(F)F)c2c1CCC2)N1CCn2nccc21. The van der Waals surface area contributed by atoms with Crippen molar-refractivity contribution in [2.24, 2.45) is 0 Å². The molecule has 0 radical (unpaired) electrons. The fourth-order valence-electron chi connectivity index (χ4n) is 3.37. The van der Waals surface area contributed by atoms with Gasteiger partial charge in [0, 0.05) is 23.9 Å². The third-order valence-electron chi connectivity index (χ3n) is 4.37. The van der Waals surface area contributed by atoms with Crippen molar-refractivity contribution in [3.63, 3.8) is 0 Å². The lowest BCUT2D eigenvalue weighted by molar-refractivity contribution is -0.142. The molecule has 122 valence electrons. The monoisotopic (exact) mass is 325 g/mol. The number of hydrogen-bond donors (Lipinski definition) is 0. The summed E-state index contributed by atoms with van der Waals surface area (Å²) in [7, 11) is 0. The molecule has 1 amide bonds. The van der Waals surface area contributed by atoms with Crippen LogP contribution in [0.25, 0.3) is 0 Å². The molecule has 2 aliphatic rings. The normalized spacial score (nSPS) is 16.7. The quantitative estimate of drug-likeness (QED) is 0.843. The molecular formula is C14H14F3N5O. The molecule has 0 spiro atoms. The lowest BCUT2D eigenvalue weighted by Crippen LogP contribution is -2.33. The Kier molecular flexibility index (Phi) is 3.00. The summed E-state index contributed by atoms with van der Waals surface area (Å²) in [6, 6.07) is 1.72. The molecule has 2 aromatic rings. The molecular weight excluding hydrogens is 311 g/mol. The number of anilines is 1. The van der Waals surface area contributed by atoms with Gasteiger partial charge in [-0.05, 0) is 19.3 Å². The van der Waals surface area contributed by atoms with Crippen LogP contribution in [0.2, 0.25) is 0 Å². The van der Waals surface area contributed by atoms with E-state index in [1.54, 1.807) is 21.8 Å². The number of halogens is 3. The van der Waals surface area contributed by atoms with Gasteiger partial charge in [0.1, 0.15) is 12.4 Å². The van der Waals surface area contributed by atoms with Crippen LogP contribution in [0.15, 0.2) is 12.3 Å². The van der Waals surface area contributed by atoms with E-state index >= 15 is 0 Å². The van der Waals surface area contributed by atoms with Gasteiger partial charge in [0.05, 0.1) is 12.7 Å². The van der Waals surface area contributed by atoms with Gasteiger partial charge in [-0.2, -0.15) is 23.4 Å². The van der Waals surface area contributed by atoms with Crippen LogP contribution in [-0.2, 0) is 36.9 Å². The second kappa shape index (κ2) is 4.84. The largest absolute Gasteiger partial charge is 0.435 e.